The summed E-state index contributed by atoms with van der Waals surface area (Å²) in [7, 11) is 3.08. The molecule has 0 heterocycles. The second-order valence-corrected chi connectivity index (χ2v) is 4.55. The average Bonchev–Trinajstić information content (AvgIpc) is 2.52. The Balaban J connectivity index is 2.93. The van der Waals surface area contributed by atoms with Crippen molar-refractivity contribution in [2.24, 2.45) is 0 Å². The van der Waals surface area contributed by atoms with Crippen molar-refractivity contribution in [1.82, 2.24) is 5.32 Å². The van der Waals surface area contributed by atoms with Gasteiger partial charge in [-0.05, 0) is 12.1 Å². The zero-order valence-electron chi connectivity index (χ0n) is 13.2. The molecule has 6 nitrogen and oxygen atoms in total. The molecule has 0 saturated heterocycles. The largest absolute Gasteiger partial charge is 0.497 e. The molecule has 0 bridgehead atoms. The van der Waals surface area contributed by atoms with Crippen molar-refractivity contribution in [2.45, 2.75) is 13.3 Å². The van der Waals surface area contributed by atoms with Crippen LogP contribution in [0.25, 0.3) is 0 Å². The average molecular weight is 306 g/mol. The van der Waals surface area contributed by atoms with Gasteiger partial charge in [0.05, 0.1) is 19.9 Å². The topological polar surface area (TPSA) is 67.9 Å². The van der Waals surface area contributed by atoms with Crippen LogP contribution in [0.15, 0.2) is 30.9 Å². The summed E-state index contributed by atoms with van der Waals surface area (Å²) in [6.07, 6.45) is 1.79. The van der Waals surface area contributed by atoms with E-state index in [4.69, 9.17) is 9.47 Å². The molecule has 1 N–H and O–H groups in total. The fourth-order valence-electron chi connectivity index (χ4n) is 1.94. The maximum atomic E-state index is 11.9. The number of carbonyl (C=O) groups is 2. The molecule has 0 atom stereocenters. The number of methoxy groups -OCH3 is 2. The fraction of sp³-hybridized carbons (Fsp3) is 0.375. The van der Waals surface area contributed by atoms with Crippen LogP contribution in [0.5, 0.6) is 11.5 Å². The van der Waals surface area contributed by atoms with Crippen molar-refractivity contribution in [1.29, 1.82) is 0 Å². The third kappa shape index (κ3) is 4.80. The molecule has 0 fully saturated rings. The van der Waals surface area contributed by atoms with Crippen molar-refractivity contribution < 1.29 is 19.1 Å². The molecule has 0 aliphatic heterocycles. The fourth-order valence-corrected chi connectivity index (χ4v) is 1.94. The number of nitrogens with one attached hydrogen (secondary N) is 1. The molecule has 0 unspecified atom stereocenters. The van der Waals surface area contributed by atoms with Crippen LogP contribution in [-0.4, -0.2) is 39.1 Å². The smallest absolute Gasteiger partial charge is 0.223 e. The van der Waals surface area contributed by atoms with Gasteiger partial charge in [0.25, 0.3) is 0 Å². The second-order valence-electron chi connectivity index (χ2n) is 4.55. The van der Waals surface area contributed by atoms with Crippen LogP contribution >= 0.6 is 0 Å². The van der Waals surface area contributed by atoms with Gasteiger partial charge in [0.1, 0.15) is 11.5 Å². The molecular weight excluding hydrogens is 284 g/mol. The highest BCUT2D eigenvalue weighted by atomic mass is 16.5. The third-order valence-electron chi connectivity index (χ3n) is 3.06. The van der Waals surface area contributed by atoms with E-state index >= 15 is 0 Å². The lowest BCUT2D eigenvalue weighted by Crippen LogP contribution is -2.34. The van der Waals surface area contributed by atoms with Gasteiger partial charge in [0, 0.05) is 32.5 Å². The van der Waals surface area contributed by atoms with E-state index in [1.807, 2.05) is 0 Å². The molecule has 22 heavy (non-hydrogen) atoms. The van der Waals surface area contributed by atoms with E-state index < -0.39 is 0 Å². The van der Waals surface area contributed by atoms with Crippen LogP contribution in [0.3, 0.4) is 0 Å². The molecule has 0 saturated carbocycles. The molecule has 6 heteroatoms. The molecule has 0 radical (unpaired) electrons. The van der Waals surface area contributed by atoms with Gasteiger partial charge in [-0.25, -0.2) is 0 Å². The summed E-state index contributed by atoms with van der Waals surface area (Å²) in [5.41, 5.74) is 0.575. The number of nitrogens with zero attached hydrogens (tertiary/aromatic N) is 1. The number of ether oxygens (including phenoxy) is 2. The van der Waals surface area contributed by atoms with Crippen LogP contribution in [0, 0.1) is 0 Å². The molecule has 120 valence electrons. The molecule has 2 amide bonds. The number of hydrogen-bond donors (Lipinski definition) is 1. The highest BCUT2D eigenvalue weighted by Gasteiger charge is 2.18. The summed E-state index contributed by atoms with van der Waals surface area (Å²) in [6, 6.07) is 5.18. The molecule has 1 rings (SSSR count). The number of carbonyl (C=O) groups excluding carboxylic acids is 2. The molecule has 0 aliphatic carbocycles. The van der Waals surface area contributed by atoms with Gasteiger partial charge in [-0.1, -0.05) is 6.08 Å². The summed E-state index contributed by atoms with van der Waals surface area (Å²) in [4.78, 5) is 25.1. The first kappa shape index (κ1) is 17.6. The van der Waals surface area contributed by atoms with E-state index in [1.54, 1.807) is 31.4 Å². The number of rotatable bonds is 8. The van der Waals surface area contributed by atoms with E-state index in [0.717, 1.165) is 0 Å². The van der Waals surface area contributed by atoms with Crippen LogP contribution in [0.2, 0.25) is 0 Å². The minimum atomic E-state index is -0.178. The van der Waals surface area contributed by atoms with Crippen LogP contribution in [0.4, 0.5) is 5.69 Å². The Bertz CT molecular complexity index is 543. The second kappa shape index (κ2) is 8.71. The zero-order valence-corrected chi connectivity index (χ0v) is 13.2. The summed E-state index contributed by atoms with van der Waals surface area (Å²) in [5, 5.41) is 2.68. The monoisotopic (exact) mass is 306 g/mol. The quantitative estimate of drug-likeness (QED) is 0.743. The van der Waals surface area contributed by atoms with Crippen LogP contribution in [0.1, 0.15) is 13.3 Å². The van der Waals surface area contributed by atoms with E-state index in [2.05, 4.69) is 11.9 Å². The number of benzene rings is 1. The molecular formula is C16H22N2O4. The van der Waals surface area contributed by atoms with Crippen molar-refractivity contribution >= 4 is 17.5 Å². The minimum absolute atomic E-state index is 0.145. The van der Waals surface area contributed by atoms with Crippen molar-refractivity contribution in [3.63, 3.8) is 0 Å². The predicted molar refractivity (Wildman–Crippen MR) is 85.4 cm³/mol. The van der Waals surface area contributed by atoms with Crippen LogP contribution in [-0.2, 0) is 9.59 Å². The Labute approximate surface area is 130 Å². The summed E-state index contributed by atoms with van der Waals surface area (Å²) >= 11 is 0. The van der Waals surface area contributed by atoms with E-state index in [0.29, 0.717) is 23.7 Å². The zero-order chi connectivity index (χ0) is 16.5. The van der Waals surface area contributed by atoms with Crippen molar-refractivity contribution in [2.75, 3.05) is 32.2 Å². The Morgan fingerprint density at radius 2 is 2.05 bits per heavy atom. The Kier molecular flexibility index (Phi) is 6.95. The SMILES string of the molecule is C=CCNC(=O)CCN(C(C)=O)c1cc(OC)ccc1OC. The third-order valence-corrected chi connectivity index (χ3v) is 3.06. The highest BCUT2D eigenvalue weighted by Crippen LogP contribution is 2.32. The maximum absolute atomic E-state index is 11.9. The normalized spacial score (nSPS) is 9.77. The van der Waals surface area contributed by atoms with E-state index in [9.17, 15) is 9.59 Å². The van der Waals surface area contributed by atoms with E-state index in [-0.39, 0.29) is 24.8 Å². The predicted octanol–water partition coefficient (Wildman–Crippen LogP) is 1.75. The number of amides is 2. The summed E-state index contributed by atoms with van der Waals surface area (Å²) in [5.74, 6) is 0.830. The van der Waals surface area contributed by atoms with Gasteiger partial charge in [-0.2, -0.15) is 0 Å². The lowest BCUT2D eigenvalue weighted by atomic mass is 10.2. The van der Waals surface area contributed by atoms with Crippen molar-refractivity contribution in [3.8, 4) is 11.5 Å². The van der Waals surface area contributed by atoms with Gasteiger partial charge >= 0.3 is 0 Å². The molecule has 1 aromatic carbocycles. The summed E-state index contributed by atoms with van der Waals surface area (Å²) < 4.78 is 10.5. The van der Waals surface area contributed by atoms with Gasteiger partial charge in [-0.15, -0.1) is 6.58 Å². The Morgan fingerprint density at radius 1 is 1.32 bits per heavy atom. The minimum Gasteiger partial charge on any atom is -0.497 e. The van der Waals surface area contributed by atoms with Gasteiger partial charge in [0.2, 0.25) is 11.8 Å². The number of anilines is 1. The van der Waals surface area contributed by atoms with Gasteiger partial charge in [0.15, 0.2) is 0 Å². The molecule has 0 aromatic heterocycles. The Morgan fingerprint density at radius 3 is 2.59 bits per heavy atom. The van der Waals surface area contributed by atoms with Crippen LogP contribution < -0.4 is 19.7 Å². The first-order valence-corrected chi connectivity index (χ1v) is 6.91. The maximum Gasteiger partial charge on any atom is 0.223 e. The molecule has 0 spiro atoms. The highest BCUT2D eigenvalue weighted by molar-refractivity contribution is 5.94. The molecule has 1 aromatic rings. The summed E-state index contributed by atoms with van der Waals surface area (Å²) in [6.45, 7) is 5.64. The molecule has 0 aliphatic rings. The first-order valence-electron chi connectivity index (χ1n) is 6.91. The first-order chi connectivity index (χ1) is 10.5. The van der Waals surface area contributed by atoms with E-state index in [1.165, 1.54) is 18.9 Å². The van der Waals surface area contributed by atoms with Crippen molar-refractivity contribution in [3.05, 3.63) is 30.9 Å². The van der Waals surface area contributed by atoms with Gasteiger partial charge in [-0.3, -0.25) is 9.59 Å². The standard InChI is InChI=1S/C16H22N2O4/c1-5-9-17-16(20)8-10-18(12(2)19)14-11-13(21-3)6-7-15(14)22-4/h5-7,11H,1,8-10H2,2-4H3,(H,17,20). The lowest BCUT2D eigenvalue weighted by molar-refractivity contribution is -0.120. The Hall–Kier alpha value is -2.50. The van der Waals surface area contributed by atoms with Gasteiger partial charge < -0.3 is 19.7 Å². The lowest BCUT2D eigenvalue weighted by Gasteiger charge is -2.23. The number of hydrogen-bond acceptors (Lipinski definition) is 4.